The van der Waals surface area contributed by atoms with Gasteiger partial charge in [-0.1, -0.05) is 174 Å². The minimum absolute atomic E-state index is 0.625. The minimum Gasteiger partial charge on any atom is -0.0651 e. The lowest BCUT2D eigenvalue weighted by Gasteiger charge is -2.28. The fraction of sp³-hybridized carbons (Fsp3) is 1.00. The second-order valence-electron chi connectivity index (χ2n) is 9.80. The molecule has 0 aliphatic rings. The summed E-state index contributed by atoms with van der Waals surface area (Å²) in [5.41, 5.74) is 1.29. The Balaban J connectivity index is -0.000000152. The molecule has 0 spiro atoms. The third kappa shape index (κ3) is 21.2. The highest BCUT2D eigenvalue weighted by Crippen LogP contribution is 2.33. The summed E-state index contributed by atoms with van der Waals surface area (Å²) in [5, 5.41) is 0. The highest BCUT2D eigenvalue weighted by molar-refractivity contribution is 4.72. The van der Waals surface area contributed by atoms with Crippen molar-refractivity contribution in [3.63, 3.8) is 0 Å². The van der Waals surface area contributed by atoms with E-state index < -0.39 is 0 Å². The lowest BCUT2D eigenvalue weighted by molar-refractivity contribution is 0.240. The lowest BCUT2D eigenvalue weighted by atomic mass is 9.78. The molecule has 30 heavy (non-hydrogen) atoms. The first kappa shape index (κ1) is 37.3. The van der Waals surface area contributed by atoms with Crippen LogP contribution in [-0.2, 0) is 0 Å². The Morgan fingerprint density at radius 3 is 0.700 bits per heavy atom. The van der Waals surface area contributed by atoms with Crippen molar-refractivity contribution in [3.8, 4) is 0 Å². The quantitative estimate of drug-likeness (QED) is 0.290. The molecule has 188 valence electrons. The van der Waals surface area contributed by atoms with Gasteiger partial charge < -0.3 is 0 Å². The normalized spacial score (nSPS) is 11.2. The molecule has 0 atom stereocenters. The third-order valence-electron chi connectivity index (χ3n) is 8.69. The zero-order chi connectivity index (χ0) is 24.6. The molecule has 0 amide bonds. The van der Waals surface area contributed by atoms with Crippen LogP contribution >= 0.6 is 0 Å². The molecule has 0 saturated heterocycles. The molecule has 0 rings (SSSR count). The number of rotatable bonds is 12. The Morgan fingerprint density at radius 2 is 0.700 bits per heavy atom. The van der Waals surface area contributed by atoms with Crippen molar-refractivity contribution in [3.05, 3.63) is 0 Å². The van der Waals surface area contributed by atoms with Crippen LogP contribution in [-0.4, -0.2) is 0 Å². The maximum Gasteiger partial charge on any atom is -0.0308 e. The van der Waals surface area contributed by atoms with Crippen LogP contribution in [0, 0.1) is 22.7 Å². The van der Waals surface area contributed by atoms with Gasteiger partial charge in [-0.25, -0.2) is 0 Å². The van der Waals surface area contributed by atoms with Gasteiger partial charge in [0, 0.05) is 0 Å². The zero-order valence-electron chi connectivity index (χ0n) is 24.6. The maximum absolute atomic E-state index is 2.35. The molecule has 0 aromatic heterocycles. The highest BCUT2D eigenvalue weighted by Gasteiger charge is 2.20. The summed E-state index contributed by atoms with van der Waals surface area (Å²) in [5.74, 6) is 1.92. The largest absolute Gasteiger partial charge is 0.0651 e. The van der Waals surface area contributed by atoms with E-state index in [1.54, 1.807) is 0 Å². The average Bonchev–Trinajstić information content (AvgIpc) is 2.82. The summed E-state index contributed by atoms with van der Waals surface area (Å²) in [6.45, 7) is 31.9. The molecule has 0 bridgehead atoms. The van der Waals surface area contributed by atoms with Gasteiger partial charge in [0.15, 0.2) is 0 Å². The standard InChI is InChI=1S/C9H20.C8H18.C7H16.C6H14/c1-5-9(6-2,7-3)8-4;1-5-8(4,6-2)7-3;1-4-7(5-2)6-3;1-4-6(3)5-2/h5-8H2,1-4H3;5-7H2,1-4H3;7H,4-6H2,1-3H3;6H,4-5H2,1-3H3. The molecule has 0 radical (unpaired) electrons. The topological polar surface area (TPSA) is 0 Å². The molecule has 0 heteroatoms. The van der Waals surface area contributed by atoms with Crippen molar-refractivity contribution < 1.29 is 0 Å². The Morgan fingerprint density at radius 1 is 0.433 bits per heavy atom. The zero-order valence-corrected chi connectivity index (χ0v) is 24.6. The highest BCUT2D eigenvalue weighted by atomic mass is 14.3. The molecular formula is C30H68. The molecule has 0 unspecified atom stereocenters. The summed E-state index contributed by atoms with van der Waals surface area (Å²) in [6.07, 6.45) is 16.1. The molecule has 0 aromatic carbocycles. The monoisotopic (exact) mass is 429 g/mol. The van der Waals surface area contributed by atoms with E-state index in [0.717, 1.165) is 11.8 Å². The van der Waals surface area contributed by atoms with Crippen LogP contribution in [0.25, 0.3) is 0 Å². The molecule has 0 heterocycles. The van der Waals surface area contributed by atoms with Crippen LogP contribution in [0.5, 0.6) is 0 Å². The summed E-state index contributed by atoms with van der Waals surface area (Å²) >= 11 is 0. The van der Waals surface area contributed by atoms with Gasteiger partial charge in [-0.3, -0.25) is 0 Å². The third-order valence-corrected chi connectivity index (χ3v) is 8.69. The van der Waals surface area contributed by atoms with E-state index in [4.69, 9.17) is 0 Å². The molecule has 0 aromatic rings. The maximum atomic E-state index is 2.35. The summed E-state index contributed by atoms with van der Waals surface area (Å²) in [6, 6.07) is 0. The molecule has 0 aliphatic heterocycles. The van der Waals surface area contributed by atoms with E-state index in [1.807, 2.05) is 0 Å². The van der Waals surface area contributed by atoms with Gasteiger partial charge in [-0.15, -0.1) is 0 Å². The van der Waals surface area contributed by atoms with Crippen LogP contribution in [0.1, 0.15) is 174 Å². The predicted octanol–water partition coefficient (Wildman–Crippen LogP) is 12.1. The van der Waals surface area contributed by atoms with Crippen molar-refractivity contribution >= 4 is 0 Å². The average molecular weight is 429 g/mol. The molecule has 0 N–H and O–H groups in total. The van der Waals surface area contributed by atoms with Gasteiger partial charge in [0.05, 0.1) is 0 Å². The van der Waals surface area contributed by atoms with Crippen molar-refractivity contribution in [1.29, 1.82) is 0 Å². The van der Waals surface area contributed by atoms with Gasteiger partial charge >= 0.3 is 0 Å². The minimum atomic E-state index is 0.625. The van der Waals surface area contributed by atoms with Crippen LogP contribution in [0.3, 0.4) is 0 Å². The van der Waals surface area contributed by atoms with Gasteiger partial charge in [-0.2, -0.15) is 0 Å². The second kappa shape index (κ2) is 25.3. The smallest absolute Gasteiger partial charge is 0.0308 e. The predicted molar refractivity (Wildman–Crippen MR) is 147 cm³/mol. The van der Waals surface area contributed by atoms with Gasteiger partial charge in [0.2, 0.25) is 0 Å². The summed E-state index contributed by atoms with van der Waals surface area (Å²) in [7, 11) is 0. The van der Waals surface area contributed by atoms with E-state index in [9.17, 15) is 0 Å². The Labute approximate surface area is 196 Å². The van der Waals surface area contributed by atoms with Crippen LogP contribution in [0.4, 0.5) is 0 Å². The first-order chi connectivity index (χ1) is 14.1. The fourth-order valence-electron chi connectivity index (χ4n) is 3.40. The van der Waals surface area contributed by atoms with Gasteiger partial charge in [-0.05, 0) is 22.7 Å². The van der Waals surface area contributed by atoms with E-state index in [2.05, 4.69) is 96.9 Å². The summed E-state index contributed by atoms with van der Waals surface area (Å²) < 4.78 is 0. The lowest BCUT2D eigenvalue weighted by Crippen LogP contribution is -2.15. The van der Waals surface area contributed by atoms with Crippen LogP contribution in [0.15, 0.2) is 0 Å². The first-order valence-electron chi connectivity index (χ1n) is 14.1. The fourth-order valence-corrected chi connectivity index (χ4v) is 3.40. The van der Waals surface area contributed by atoms with E-state index in [0.29, 0.717) is 10.8 Å². The molecule has 0 nitrogen and oxygen atoms in total. The Hall–Kier alpha value is 0. The van der Waals surface area contributed by atoms with E-state index in [-0.39, 0.29) is 0 Å². The van der Waals surface area contributed by atoms with Crippen LogP contribution < -0.4 is 0 Å². The van der Waals surface area contributed by atoms with Crippen molar-refractivity contribution in [2.24, 2.45) is 22.7 Å². The second-order valence-corrected chi connectivity index (χ2v) is 9.80. The number of hydrogen-bond acceptors (Lipinski definition) is 0. The van der Waals surface area contributed by atoms with Gasteiger partial charge in [0.1, 0.15) is 0 Å². The Kier molecular flexibility index (Phi) is 31.4. The van der Waals surface area contributed by atoms with E-state index >= 15 is 0 Å². The first-order valence-corrected chi connectivity index (χ1v) is 14.1. The van der Waals surface area contributed by atoms with Crippen molar-refractivity contribution in [2.75, 3.05) is 0 Å². The summed E-state index contributed by atoms with van der Waals surface area (Å²) in [4.78, 5) is 0. The molecule has 0 fully saturated rings. The SMILES string of the molecule is CCC(C)(CC)CC.CCC(C)CC.CCC(CC)(CC)CC.CCC(CC)CC. The van der Waals surface area contributed by atoms with Gasteiger partial charge in [0.25, 0.3) is 0 Å². The number of hydrogen-bond donors (Lipinski definition) is 0. The Bertz CT molecular complexity index is 243. The molecule has 0 saturated carbocycles. The van der Waals surface area contributed by atoms with Crippen LogP contribution in [0.2, 0.25) is 0 Å². The molecular weight excluding hydrogens is 360 g/mol. The van der Waals surface area contributed by atoms with Crippen molar-refractivity contribution in [2.45, 2.75) is 174 Å². The van der Waals surface area contributed by atoms with E-state index in [1.165, 1.54) is 77.0 Å². The molecule has 0 aliphatic carbocycles. The van der Waals surface area contributed by atoms with Crippen molar-refractivity contribution in [1.82, 2.24) is 0 Å².